The van der Waals surface area contributed by atoms with E-state index in [1.54, 1.807) is 0 Å². The number of unbranched alkanes of at least 4 members (excludes halogenated alkanes) is 1. The lowest BCUT2D eigenvalue weighted by atomic mass is 9.99. The van der Waals surface area contributed by atoms with Gasteiger partial charge >= 0.3 is 0 Å². The number of nitrogens with zero attached hydrogens (tertiary/aromatic N) is 1. The van der Waals surface area contributed by atoms with Gasteiger partial charge in [0.25, 0.3) is 0 Å². The van der Waals surface area contributed by atoms with E-state index in [2.05, 4.69) is 39.1 Å². The van der Waals surface area contributed by atoms with Crippen LogP contribution in [-0.4, -0.2) is 24.8 Å². The highest BCUT2D eigenvalue weighted by Crippen LogP contribution is 2.14. The van der Waals surface area contributed by atoms with Crippen molar-refractivity contribution in [1.29, 1.82) is 5.26 Å². The summed E-state index contributed by atoms with van der Waals surface area (Å²) < 4.78 is 5.77. The minimum atomic E-state index is -0.473. The Morgan fingerprint density at radius 2 is 2.00 bits per heavy atom. The van der Waals surface area contributed by atoms with Gasteiger partial charge in [0, 0.05) is 25.7 Å². The van der Waals surface area contributed by atoms with E-state index in [9.17, 15) is 5.26 Å². The standard InChI is InChI=1S/C16H32N2O/c1-6-8-9-15(7-2)12-19-11-10-16(5,13-17)18-14(3)4/h14-15,18H,6-12H2,1-5H3. The third-order valence-corrected chi connectivity index (χ3v) is 3.50. The first kappa shape index (κ1) is 18.4. The molecule has 0 spiro atoms. The molecule has 1 N–H and O–H groups in total. The van der Waals surface area contributed by atoms with Gasteiger partial charge in [0.2, 0.25) is 0 Å². The molecule has 0 aliphatic rings. The van der Waals surface area contributed by atoms with Crippen LogP contribution in [0.5, 0.6) is 0 Å². The molecule has 0 rings (SSSR count). The molecular formula is C16H32N2O. The Hall–Kier alpha value is -0.590. The summed E-state index contributed by atoms with van der Waals surface area (Å²) >= 11 is 0. The topological polar surface area (TPSA) is 45.0 Å². The van der Waals surface area contributed by atoms with Gasteiger partial charge in [-0.25, -0.2) is 0 Å². The van der Waals surface area contributed by atoms with Gasteiger partial charge in [-0.1, -0.05) is 33.1 Å². The summed E-state index contributed by atoms with van der Waals surface area (Å²) in [7, 11) is 0. The molecule has 0 aromatic heterocycles. The Labute approximate surface area is 119 Å². The fourth-order valence-electron chi connectivity index (χ4n) is 2.22. The van der Waals surface area contributed by atoms with Crippen LogP contribution in [0.25, 0.3) is 0 Å². The Morgan fingerprint density at radius 1 is 1.32 bits per heavy atom. The zero-order valence-electron chi connectivity index (χ0n) is 13.5. The molecule has 0 aromatic rings. The first-order valence-corrected chi connectivity index (χ1v) is 7.74. The molecule has 3 nitrogen and oxygen atoms in total. The lowest BCUT2D eigenvalue weighted by Crippen LogP contribution is -2.45. The molecule has 3 heteroatoms. The van der Waals surface area contributed by atoms with E-state index < -0.39 is 5.54 Å². The smallest absolute Gasteiger partial charge is 0.106 e. The predicted molar refractivity (Wildman–Crippen MR) is 81.0 cm³/mol. The van der Waals surface area contributed by atoms with Crippen LogP contribution >= 0.6 is 0 Å². The summed E-state index contributed by atoms with van der Waals surface area (Å²) in [6.45, 7) is 12.0. The highest BCUT2D eigenvalue weighted by molar-refractivity contribution is 5.04. The molecule has 0 bridgehead atoms. The normalized spacial score (nSPS) is 16.1. The lowest BCUT2D eigenvalue weighted by molar-refractivity contribution is 0.0818. The maximum atomic E-state index is 9.24. The quantitative estimate of drug-likeness (QED) is 0.578. The molecule has 0 radical (unpaired) electrons. The number of nitriles is 1. The molecule has 19 heavy (non-hydrogen) atoms. The van der Waals surface area contributed by atoms with Crippen molar-refractivity contribution in [1.82, 2.24) is 5.32 Å². The number of rotatable bonds is 11. The van der Waals surface area contributed by atoms with Gasteiger partial charge in [-0.3, -0.25) is 5.32 Å². The van der Waals surface area contributed by atoms with E-state index in [0.717, 1.165) is 13.0 Å². The second-order valence-corrected chi connectivity index (χ2v) is 5.98. The predicted octanol–water partition coefficient (Wildman–Crippen LogP) is 3.89. The molecule has 0 aliphatic heterocycles. The molecule has 0 heterocycles. The largest absolute Gasteiger partial charge is 0.381 e. The van der Waals surface area contributed by atoms with Crippen LogP contribution in [0.15, 0.2) is 0 Å². The molecule has 0 saturated heterocycles. The average molecular weight is 268 g/mol. The molecule has 2 atom stereocenters. The maximum Gasteiger partial charge on any atom is 0.106 e. The van der Waals surface area contributed by atoms with Crippen molar-refractivity contribution in [3.05, 3.63) is 0 Å². The molecular weight excluding hydrogens is 236 g/mol. The first-order chi connectivity index (χ1) is 8.97. The zero-order chi connectivity index (χ0) is 14.7. The summed E-state index contributed by atoms with van der Waals surface area (Å²) in [6, 6.07) is 2.67. The second kappa shape index (κ2) is 10.2. The van der Waals surface area contributed by atoms with Crippen molar-refractivity contribution in [2.24, 2.45) is 5.92 Å². The van der Waals surface area contributed by atoms with Crippen LogP contribution in [0.2, 0.25) is 0 Å². The molecule has 112 valence electrons. The minimum Gasteiger partial charge on any atom is -0.381 e. The van der Waals surface area contributed by atoms with E-state index in [4.69, 9.17) is 4.74 Å². The fraction of sp³-hybridized carbons (Fsp3) is 0.938. The van der Waals surface area contributed by atoms with Gasteiger partial charge in [0.05, 0.1) is 6.07 Å². The van der Waals surface area contributed by atoms with E-state index in [1.165, 1.54) is 25.7 Å². The fourth-order valence-corrected chi connectivity index (χ4v) is 2.22. The Bertz CT molecular complexity index is 260. The highest BCUT2D eigenvalue weighted by Gasteiger charge is 2.23. The maximum absolute atomic E-state index is 9.24. The van der Waals surface area contributed by atoms with E-state index in [1.807, 2.05) is 6.92 Å². The van der Waals surface area contributed by atoms with Gasteiger partial charge in [0.1, 0.15) is 5.54 Å². The summed E-state index contributed by atoms with van der Waals surface area (Å²) in [6.07, 6.45) is 5.71. The summed E-state index contributed by atoms with van der Waals surface area (Å²) in [5.74, 6) is 0.673. The van der Waals surface area contributed by atoms with Crippen LogP contribution < -0.4 is 5.32 Å². The van der Waals surface area contributed by atoms with E-state index in [-0.39, 0.29) is 0 Å². The van der Waals surface area contributed by atoms with Crippen molar-refractivity contribution in [3.63, 3.8) is 0 Å². The van der Waals surface area contributed by atoms with Crippen molar-refractivity contribution >= 4 is 0 Å². The molecule has 0 amide bonds. The minimum absolute atomic E-state index is 0.317. The molecule has 0 saturated carbocycles. The van der Waals surface area contributed by atoms with Crippen LogP contribution in [0.3, 0.4) is 0 Å². The Kier molecular flexibility index (Phi) is 9.91. The third-order valence-electron chi connectivity index (χ3n) is 3.50. The van der Waals surface area contributed by atoms with Crippen LogP contribution in [0.1, 0.15) is 66.7 Å². The van der Waals surface area contributed by atoms with Crippen molar-refractivity contribution < 1.29 is 4.74 Å². The highest BCUT2D eigenvalue weighted by atomic mass is 16.5. The lowest BCUT2D eigenvalue weighted by Gasteiger charge is -2.26. The third kappa shape index (κ3) is 9.02. The van der Waals surface area contributed by atoms with Gasteiger partial charge in [-0.2, -0.15) is 5.26 Å². The van der Waals surface area contributed by atoms with Crippen molar-refractivity contribution in [2.75, 3.05) is 13.2 Å². The summed E-state index contributed by atoms with van der Waals surface area (Å²) in [5, 5.41) is 12.5. The van der Waals surface area contributed by atoms with Crippen molar-refractivity contribution in [2.45, 2.75) is 78.3 Å². The average Bonchev–Trinajstić information content (AvgIpc) is 2.37. The number of hydrogen-bond acceptors (Lipinski definition) is 3. The number of ether oxygens (including phenoxy) is 1. The second-order valence-electron chi connectivity index (χ2n) is 5.98. The molecule has 2 unspecified atom stereocenters. The van der Waals surface area contributed by atoms with Crippen molar-refractivity contribution in [3.8, 4) is 6.07 Å². The monoisotopic (exact) mass is 268 g/mol. The SMILES string of the molecule is CCCCC(CC)COCCC(C)(C#N)NC(C)C. The number of hydrogen-bond donors (Lipinski definition) is 1. The molecule has 0 aliphatic carbocycles. The van der Waals surface area contributed by atoms with Crippen LogP contribution in [-0.2, 0) is 4.74 Å². The van der Waals surface area contributed by atoms with Gasteiger partial charge in [-0.05, 0) is 33.1 Å². The van der Waals surface area contributed by atoms with Gasteiger partial charge in [0.15, 0.2) is 0 Å². The van der Waals surface area contributed by atoms with Gasteiger partial charge in [-0.15, -0.1) is 0 Å². The Morgan fingerprint density at radius 3 is 2.47 bits per heavy atom. The molecule has 0 fully saturated rings. The summed E-state index contributed by atoms with van der Waals surface area (Å²) in [5.41, 5.74) is -0.473. The molecule has 0 aromatic carbocycles. The van der Waals surface area contributed by atoms with Gasteiger partial charge < -0.3 is 4.74 Å². The van der Waals surface area contributed by atoms with Crippen LogP contribution in [0.4, 0.5) is 0 Å². The van der Waals surface area contributed by atoms with E-state index >= 15 is 0 Å². The Balaban J connectivity index is 3.90. The summed E-state index contributed by atoms with van der Waals surface area (Å²) in [4.78, 5) is 0. The number of nitrogens with one attached hydrogen (secondary N) is 1. The first-order valence-electron chi connectivity index (χ1n) is 7.74. The van der Waals surface area contributed by atoms with Crippen LogP contribution in [0, 0.1) is 17.2 Å². The van der Waals surface area contributed by atoms with E-state index in [0.29, 0.717) is 18.6 Å². The zero-order valence-corrected chi connectivity index (χ0v) is 13.5.